The molecular weight excluding hydrogens is 301 g/mol. The van der Waals surface area contributed by atoms with E-state index in [2.05, 4.69) is 5.32 Å². The number of thiocarbonyl (C=S) groups is 1. The van der Waals surface area contributed by atoms with Crippen LogP contribution in [0.2, 0.25) is 0 Å². The molecule has 0 bridgehead atoms. The second kappa shape index (κ2) is 5.46. The molecule has 0 saturated carbocycles. The molecule has 1 aromatic rings. The number of nitrogens with two attached hydrogens (primary N) is 1. The molecule has 3 N–H and O–H groups in total. The summed E-state index contributed by atoms with van der Waals surface area (Å²) in [5.74, 6) is 0. The van der Waals surface area contributed by atoms with Crippen LogP contribution in [0.4, 0.5) is 18.9 Å². The van der Waals surface area contributed by atoms with E-state index in [0.717, 1.165) is 12.5 Å². The summed E-state index contributed by atoms with van der Waals surface area (Å²) >= 11 is 4.74. The fourth-order valence-electron chi connectivity index (χ4n) is 2.40. The van der Waals surface area contributed by atoms with Crippen LogP contribution in [0.15, 0.2) is 18.2 Å². The minimum absolute atomic E-state index is 0.0342. The number of halogens is 3. The van der Waals surface area contributed by atoms with Gasteiger partial charge in [-0.1, -0.05) is 12.2 Å². The first-order valence-electron chi connectivity index (χ1n) is 6.54. The first-order valence-corrected chi connectivity index (χ1v) is 6.95. The number of anilines is 1. The third-order valence-corrected chi connectivity index (χ3v) is 4.13. The molecule has 0 radical (unpaired) electrons. The van der Waals surface area contributed by atoms with E-state index in [1.165, 1.54) is 12.1 Å². The minimum atomic E-state index is -4.48. The van der Waals surface area contributed by atoms with Crippen LogP contribution in [-0.2, 0) is 10.9 Å². The molecule has 1 saturated heterocycles. The standard InChI is InChI=1S/C14H17F3N2OS/c1-8-13(2,5-6-20-8)19-9-3-4-11(14(15,16)17)10(7-9)12(18)21/h3-4,7-8,19H,5-6H2,1-2H3,(H2,18,21). The maximum atomic E-state index is 12.9. The molecule has 116 valence electrons. The Hall–Kier alpha value is -1.34. The topological polar surface area (TPSA) is 47.3 Å². The third-order valence-electron chi connectivity index (χ3n) is 3.91. The lowest BCUT2D eigenvalue weighted by Gasteiger charge is -2.30. The average molecular weight is 318 g/mol. The number of hydrogen-bond acceptors (Lipinski definition) is 3. The SMILES string of the molecule is CC1OCCC1(C)Nc1ccc(C(F)(F)F)c(C(N)=S)c1. The Labute approximate surface area is 126 Å². The molecule has 1 aromatic carbocycles. The molecule has 1 aliphatic heterocycles. The molecule has 1 heterocycles. The Bertz CT molecular complexity index is 562. The van der Waals surface area contributed by atoms with Crippen LogP contribution in [0.5, 0.6) is 0 Å². The van der Waals surface area contributed by atoms with E-state index >= 15 is 0 Å². The van der Waals surface area contributed by atoms with Gasteiger partial charge in [-0.3, -0.25) is 0 Å². The van der Waals surface area contributed by atoms with E-state index in [0.29, 0.717) is 12.3 Å². The average Bonchev–Trinajstić information content (AvgIpc) is 2.67. The zero-order valence-electron chi connectivity index (χ0n) is 11.8. The van der Waals surface area contributed by atoms with Crippen LogP contribution in [0, 0.1) is 0 Å². The van der Waals surface area contributed by atoms with Gasteiger partial charge in [-0.2, -0.15) is 13.2 Å². The summed E-state index contributed by atoms with van der Waals surface area (Å²) in [4.78, 5) is -0.271. The lowest BCUT2D eigenvalue weighted by molar-refractivity contribution is -0.137. The van der Waals surface area contributed by atoms with E-state index in [1.54, 1.807) is 0 Å². The van der Waals surface area contributed by atoms with Gasteiger partial charge in [0.15, 0.2) is 0 Å². The number of hydrogen-bond donors (Lipinski definition) is 2. The van der Waals surface area contributed by atoms with Crippen molar-refractivity contribution in [1.29, 1.82) is 0 Å². The van der Waals surface area contributed by atoms with Gasteiger partial charge in [0.05, 0.1) is 17.2 Å². The molecular formula is C14H17F3N2OS. The smallest absolute Gasteiger partial charge is 0.389 e. The predicted molar refractivity (Wildman–Crippen MR) is 79.4 cm³/mol. The van der Waals surface area contributed by atoms with E-state index in [9.17, 15) is 13.2 Å². The number of rotatable bonds is 3. The summed E-state index contributed by atoms with van der Waals surface area (Å²) in [6.45, 7) is 4.52. The van der Waals surface area contributed by atoms with Crippen LogP contribution < -0.4 is 11.1 Å². The number of alkyl halides is 3. The Balaban J connectivity index is 2.35. The van der Waals surface area contributed by atoms with Gasteiger partial charge in [-0.05, 0) is 38.5 Å². The van der Waals surface area contributed by atoms with Crippen LogP contribution >= 0.6 is 12.2 Å². The Morgan fingerprint density at radius 1 is 1.48 bits per heavy atom. The molecule has 2 atom stereocenters. The summed E-state index contributed by atoms with van der Waals surface area (Å²) in [5, 5.41) is 3.23. The number of nitrogens with one attached hydrogen (secondary N) is 1. The van der Waals surface area contributed by atoms with Crippen molar-refractivity contribution in [2.75, 3.05) is 11.9 Å². The normalized spacial score (nSPS) is 25.9. The van der Waals surface area contributed by atoms with E-state index in [4.69, 9.17) is 22.7 Å². The molecule has 7 heteroatoms. The van der Waals surface area contributed by atoms with Crippen LogP contribution in [0.25, 0.3) is 0 Å². The lowest BCUT2D eigenvalue weighted by atomic mass is 9.94. The van der Waals surface area contributed by atoms with Gasteiger partial charge in [0, 0.05) is 17.9 Å². The van der Waals surface area contributed by atoms with Gasteiger partial charge in [0.1, 0.15) is 4.99 Å². The van der Waals surface area contributed by atoms with Crippen molar-refractivity contribution in [2.24, 2.45) is 5.73 Å². The Morgan fingerprint density at radius 3 is 2.62 bits per heavy atom. The predicted octanol–water partition coefficient (Wildman–Crippen LogP) is 3.32. The van der Waals surface area contributed by atoms with Crippen molar-refractivity contribution in [3.05, 3.63) is 29.3 Å². The first-order chi connectivity index (χ1) is 9.63. The second-order valence-electron chi connectivity index (χ2n) is 5.43. The molecule has 0 aliphatic carbocycles. The van der Waals surface area contributed by atoms with Crippen molar-refractivity contribution in [1.82, 2.24) is 0 Å². The molecule has 0 amide bonds. The monoisotopic (exact) mass is 318 g/mol. The fourth-order valence-corrected chi connectivity index (χ4v) is 2.57. The molecule has 2 unspecified atom stereocenters. The van der Waals surface area contributed by atoms with Gasteiger partial charge < -0.3 is 15.8 Å². The Kier molecular flexibility index (Phi) is 4.17. The first kappa shape index (κ1) is 16.0. The summed E-state index contributed by atoms with van der Waals surface area (Å²) in [6, 6.07) is 3.74. The molecule has 1 aliphatic rings. The third kappa shape index (κ3) is 3.29. The highest BCUT2D eigenvalue weighted by Crippen LogP contribution is 2.35. The van der Waals surface area contributed by atoms with Crippen LogP contribution in [-0.4, -0.2) is 23.2 Å². The van der Waals surface area contributed by atoms with E-state index in [1.807, 2.05) is 13.8 Å². The zero-order chi connectivity index (χ0) is 15.8. The lowest BCUT2D eigenvalue weighted by Crippen LogP contribution is -2.41. The summed E-state index contributed by atoms with van der Waals surface area (Å²) in [6.07, 6.45) is -3.74. The fraction of sp³-hybridized carbons (Fsp3) is 0.500. The van der Waals surface area contributed by atoms with Gasteiger partial charge >= 0.3 is 6.18 Å². The number of benzene rings is 1. The van der Waals surface area contributed by atoms with E-state index in [-0.39, 0.29) is 22.2 Å². The summed E-state index contributed by atoms with van der Waals surface area (Å²) in [5.41, 5.74) is 4.66. The van der Waals surface area contributed by atoms with Crippen molar-refractivity contribution in [3.63, 3.8) is 0 Å². The maximum absolute atomic E-state index is 12.9. The molecule has 21 heavy (non-hydrogen) atoms. The highest BCUT2D eigenvalue weighted by Gasteiger charge is 2.38. The zero-order valence-corrected chi connectivity index (χ0v) is 12.6. The summed E-state index contributed by atoms with van der Waals surface area (Å²) < 4.78 is 44.3. The van der Waals surface area contributed by atoms with Gasteiger partial charge in [0.2, 0.25) is 0 Å². The van der Waals surface area contributed by atoms with Gasteiger partial charge in [0.25, 0.3) is 0 Å². The second-order valence-corrected chi connectivity index (χ2v) is 5.87. The minimum Gasteiger partial charge on any atom is -0.389 e. The molecule has 0 aromatic heterocycles. The molecule has 2 rings (SSSR count). The van der Waals surface area contributed by atoms with Gasteiger partial charge in [-0.25, -0.2) is 0 Å². The van der Waals surface area contributed by atoms with E-state index < -0.39 is 11.7 Å². The van der Waals surface area contributed by atoms with Crippen LogP contribution in [0.1, 0.15) is 31.4 Å². The molecule has 1 fully saturated rings. The molecule has 3 nitrogen and oxygen atoms in total. The largest absolute Gasteiger partial charge is 0.417 e. The van der Waals surface area contributed by atoms with Crippen molar-refractivity contribution < 1.29 is 17.9 Å². The van der Waals surface area contributed by atoms with Crippen LogP contribution in [0.3, 0.4) is 0 Å². The molecule has 0 spiro atoms. The quantitative estimate of drug-likeness (QED) is 0.839. The maximum Gasteiger partial charge on any atom is 0.417 e. The Morgan fingerprint density at radius 2 is 2.14 bits per heavy atom. The highest BCUT2D eigenvalue weighted by molar-refractivity contribution is 7.80. The van der Waals surface area contributed by atoms with Gasteiger partial charge in [-0.15, -0.1) is 0 Å². The van der Waals surface area contributed by atoms with Crippen molar-refractivity contribution in [2.45, 2.75) is 38.1 Å². The summed E-state index contributed by atoms with van der Waals surface area (Å²) in [7, 11) is 0. The van der Waals surface area contributed by atoms with Crippen molar-refractivity contribution >= 4 is 22.9 Å². The highest BCUT2D eigenvalue weighted by atomic mass is 32.1. The van der Waals surface area contributed by atoms with Crippen molar-refractivity contribution in [3.8, 4) is 0 Å². The number of ether oxygens (including phenoxy) is 1.